The summed E-state index contributed by atoms with van der Waals surface area (Å²) in [6.45, 7) is 0. The first-order valence-electron chi connectivity index (χ1n) is 8.30. The highest BCUT2D eigenvalue weighted by atomic mass is 32.2. The lowest BCUT2D eigenvalue weighted by Gasteiger charge is -2.17. The molecule has 0 fully saturated rings. The molecule has 3 rings (SSSR count). The Kier molecular flexibility index (Phi) is 5.38. The Labute approximate surface area is 165 Å². The zero-order valence-electron chi connectivity index (χ0n) is 15.4. The Morgan fingerprint density at radius 2 is 1.28 bits per heavy atom. The van der Waals surface area contributed by atoms with Gasteiger partial charge in [0.2, 0.25) is 10.0 Å². The molecule has 3 aromatic rings. The Morgan fingerprint density at radius 3 is 1.79 bits per heavy atom. The summed E-state index contributed by atoms with van der Waals surface area (Å²) in [5.74, 6) is -7.39. The summed E-state index contributed by atoms with van der Waals surface area (Å²) < 4.78 is 81.6. The molecule has 29 heavy (non-hydrogen) atoms. The summed E-state index contributed by atoms with van der Waals surface area (Å²) in [4.78, 5) is 1.21. The van der Waals surface area contributed by atoms with E-state index in [-0.39, 0.29) is 11.1 Å². The van der Waals surface area contributed by atoms with Crippen LogP contribution in [0.15, 0.2) is 53.4 Å². The van der Waals surface area contributed by atoms with Gasteiger partial charge >= 0.3 is 0 Å². The van der Waals surface area contributed by atoms with Crippen molar-refractivity contribution in [3.05, 3.63) is 71.8 Å². The van der Waals surface area contributed by atoms with Gasteiger partial charge in [-0.1, -0.05) is 30.3 Å². The molecule has 0 heterocycles. The molecule has 0 saturated carbocycles. The van der Waals surface area contributed by atoms with Gasteiger partial charge in [0.15, 0.2) is 23.3 Å². The molecule has 0 atom stereocenters. The van der Waals surface area contributed by atoms with Gasteiger partial charge in [0.05, 0.1) is 4.90 Å². The Hall–Kier alpha value is -2.91. The molecule has 0 aliphatic heterocycles. The molecular formula is C20H16F4N2O2S. The van der Waals surface area contributed by atoms with Crippen LogP contribution in [-0.4, -0.2) is 22.5 Å². The highest BCUT2D eigenvalue weighted by Crippen LogP contribution is 2.41. The van der Waals surface area contributed by atoms with Crippen LogP contribution in [0.2, 0.25) is 0 Å². The van der Waals surface area contributed by atoms with E-state index < -0.39 is 49.3 Å². The van der Waals surface area contributed by atoms with Gasteiger partial charge in [-0.15, -0.1) is 0 Å². The standard InChI is InChI=1S/C20H16F4N2O2S/c1-26(2)12-9-7-11(8-10-12)15-16(18(22)20(24)19(23)17(15)21)13-5-3-4-6-14(13)29(25,27)28/h3-10H,1-2H3,(H2,25,27,28). The summed E-state index contributed by atoms with van der Waals surface area (Å²) >= 11 is 0. The maximum atomic E-state index is 14.8. The Bertz CT molecular complexity index is 1190. The minimum Gasteiger partial charge on any atom is -0.378 e. The SMILES string of the molecule is CN(C)c1ccc(-c2c(F)c(F)c(F)c(F)c2-c2ccccc2S(N)(=O)=O)cc1. The van der Waals surface area contributed by atoms with Gasteiger partial charge in [-0.05, 0) is 23.8 Å². The fourth-order valence-corrected chi connectivity index (χ4v) is 3.75. The largest absolute Gasteiger partial charge is 0.378 e. The average molecular weight is 424 g/mol. The quantitative estimate of drug-likeness (QED) is 0.386. The van der Waals surface area contributed by atoms with E-state index in [1.54, 1.807) is 31.1 Å². The maximum absolute atomic E-state index is 14.8. The Balaban J connectivity index is 2.43. The smallest absolute Gasteiger partial charge is 0.238 e. The van der Waals surface area contributed by atoms with E-state index in [0.717, 1.165) is 17.8 Å². The van der Waals surface area contributed by atoms with Crippen molar-refractivity contribution in [2.75, 3.05) is 19.0 Å². The molecule has 0 spiro atoms. The number of anilines is 1. The van der Waals surface area contributed by atoms with Crippen LogP contribution in [0.3, 0.4) is 0 Å². The zero-order valence-corrected chi connectivity index (χ0v) is 16.2. The van der Waals surface area contributed by atoms with Gasteiger partial charge in [-0.2, -0.15) is 0 Å². The lowest BCUT2D eigenvalue weighted by atomic mass is 9.92. The first-order chi connectivity index (χ1) is 13.5. The monoisotopic (exact) mass is 424 g/mol. The Morgan fingerprint density at radius 1 is 0.759 bits per heavy atom. The van der Waals surface area contributed by atoms with Crippen LogP contribution in [0.4, 0.5) is 23.2 Å². The van der Waals surface area contributed by atoms with Gasteiger partial charge in [-0.25, -0.2) is 31.1 Å². The minimum absolute atomic E-state index is 0.0325. The highest BCUT2D eigenvalue weighted by Gasteiger charge is 2.29. The molecular weight excluding hydrogens is 408 g/mol. The molecule has 0 amide bonds. The number of nitrogens with two attached hydrogens (primary N) is 1. The molecule has 0 aromatic heterocycles. The van der Waals surface area contributed by atoms with Crippen LogP contribution in [0, 0.1) is 23.3 Å². The van der Waals surface area contributed by atoms with Crippen molar-refractivity contribution >= 4 is 15.7 Å². The molecule has 0 bridgehead atoms. The second-order valence-corrected chi connectivity index (χ2v) is 8.02. The third-order valence-corrected chi connectivity index (χ3v) is 5.37. The van der Waals surface area contributed by atoms with Crippen molar-refractivity contribution in [1.82, 2.24) is 0 Å². The third-order valence-electron chi connectivity index (χ3n) is 4.40. The average Bonchev–Trinajstić information content (AvgIpc) is 2.68. The predicted octanol–water partition coefficient (Wildman–Crippen LogP) is 4.29. The first-order valence-corrected chi connectivity index (χ1v) is 9.84. The second-order valence-electron chi connectivity index (χ2n) is 6.49. The van der Waals surface area contributed by atoms with Crippen molar-refractivity contribution in [2.24, 2.45) is 5.14 Å². The highest BCUT2D eigenvalue weighted by molar-refractivity contribution is 7.89. The predicted molar refractivity (Wildman–Crippen MR) is 103 cm³/mol. The van der Waals surface area contributed by atoms with E-state index in [0.29, 0.717) is 0 Å². The van der Waals surface area contributed by atoms with Crippen molar-refractivity contribution in [1.29, 1.82) is 0 Å². The molecule has 0 saturated heterocycles. The zero-order chi connectivity index (χ0) is 21.5. The number of hydrogen-bond donors (Lipinski definition) is 1. The number of rotatable bonds is 4. The van der Waals surface area contributed by atoms with Crippen LogP contribution in [0.5, 0.6) is 0 Å². The number of halogens is 4. The minimum atomic E-state index is -4.36. The number of nitrogens with zero attached hydrogens (tertiary/aromatic N) is 1. The van der Waals surface area contributed by atoms with E-state index in [2.05, 4.69) is 0 Å². The van der Waals surface area contributed by atoms with E-state index in [1.807, 2.05) is 0 Å². The molecule has 0 unspecified atom stereocenters. The number of sulfonamides is 1. The van der Waals surface area contributed by atoms with Gasteiger partial charge in [-0.3, -0.25) is 0 Å². The lowest BCUT2D eigenvalue weighted by molar-refractivity contribution is 0.412. The fraction of sp³-hybridized carbons (Fsp3) is 0.100. The van der Waals surface area contributed by atoms with Crippen LogP contribution >= 0.6 is 0 Å². The molecule has 152 valence electrons. The summed E-state index contributed by atoms with van der Waals surface area (Å²) in [7, 11) is -0.834. The number of hydrogen-bond acceptors (Lipinski definition) is 3. The van der Waals surface area contributed by atoms with Crippen molar-refractivity contribution < 1.29 is 26.0 Å². The molecule has 3 aromatic carbocycles. The van der Waals surface area contributed by atoms with Crippen LogP contribution in [0.1, 0.15) is 0 Å². The van der Waals surface area contributed by atoms with Crippen LogP contribution < -0.4 is 10.0 Å². The van der Waals surface area contributed by atoms with Gasteiger partial charge in [0, 0.05) is 36.5 Å². The van der Waals surface area contributed by atoms with Crippen molar-refractivity contribution in [3.63, 3.8) is 0 Å². The summed E-state index contributed by atoms with van der Waals surface area (Å²) in [6, 6.07) is 10.8. The number of primary sulfonamides is 1. The topological polar surface area (TPSA) is 63.4 Å². The van der Waals surface area contributed by atoms with E-state index >= 15 is 0 Å². The molecule has 0 radical (unpaired) electrons. The van der Waals surface area contributed by atoms with Gasteiger partial charge < -0.3 is 4.90 Å². The van der Waals surface area contributed by atoms with E-state index in [1.165, 1.54) is 24.3 Å². The molecule has 2 N–H and O–H groups in total. The van der Waals surface area contributed by atoms with Crippen molar-refractivity contribution in [2.45, 2.75) is 4.90 Å². The van der Waals surface area contributed by atoms with E-state index in [4.69, 9.17) is 5.14 Å². The summed E-state index contributed by atoms with van der Waals surface area (Å²) in [6.07, 6.45) is 0. The first kappa shape index (κ1) is 20.8. The maximum Gasteiger partial charge on any atom is 0.238 e. The van der Waals surface area contributed by atoms with Gasteiger partial charge in [0.1, 0.15) is 0 Å². The van der Waals surface area contributed by atoms with Crippen LogP contribution in [-0.2, 0) is 10.0 Å². The summed E-state index contributed by atoms with van der Waals surface area (Å²) in [5, 5.41) is 5.18. The second kappa shape index (κ2) is 7.49. The summed E-state index contributed by atoms with van der Waals surface area (Å²) in [5.41, 5.74) is -0.961. The van der Waals surface area contributed by atoms with Crippen LogP contribution in [0.25, 0.3) is 22.3 Å². The number of benzene rings is 3. The van der Waals surface area contributed by atoms with E-state index in [9.17, 15) is 26.0 Å². The normalized spacial score (nSPS) is 11.6. The molecule has 4 nitrogen and oxygen atoms in total. The molecule has 0 aliphatic rings. The molecule has 9 heteroatoms. The lowest BCUT2D eigenvalue weighted by Crippen LogP contribution is -2.14. The molecule has 0 aliphatic carbocycles. The fourth-order valence-electron chi connectivity index (χ4n) is 3.00. The van der Waals surface area contributed by atoms with Gasteiger partial charge in [0.25, 0.3) is 0 Å². The van der Waals surface area contributed by atoms with Crippen molar-refractivity contribution in [3.8, 4) is 22.3 Å². The third kappa shape index (κ3) is 3.70.